The molecule has 0 atom stereocenters. The van der Waals surface area contributed by atoms with E-state index in [2.05, 4.69) is 21.2 Å². The van der Waals surface area contributed by atoms with Crippen LogP contribution in [0, 0.1) is 0 Å². The topological polar surface area (TPSA) is 75.7 Å². The number of urea groups is 1. The number of halogens is 4. The molecule has 36 heavy (non-hydrogen) atoms. The maximum atomic E-state index is 13.1. The van der Waals surface area contributed by atoms with Crippen molar-refractivity contribution in [2.45, 2.75) is 20.0 Å². The minimum Gasteiger partial charge on any atom is -0.486 e. The van der Waals surface area contributed by atoms with Crippen molar-refractivity contribution in [2.24, 2.45) is 0 Å². The molecule has 0 radical (unpaired) electrons. The molecule has 3 aromatic carbocycles. The van der Waals surface area contributed by atoms with Crippen LogP contribution in [-0.2, 0) is 22.6 Å². The average Bonchev–Trinajstić information content (AvgIpc) is 2.83. The van der Waals surface area contributed by atoms with Gasteiger partial charge in [0.25, 0.3) is 11.8 Å². The summed E-state index contributed by atoms with van der Waals surface area (Å²) in [6.45, 7) is 2.19. The Labute approximate surface area is 230 Å². The third-order valence-corrected chi connectivity index (χ3v) is 7.01. The second-order valence-electron chi connectivity index (χ2n) is 7.83. The first-order valence-electron chi connectivity index (χ1n) is 10.7. The Morgan fingerprint density at radius 2 is 1.61 bits per heavy atom. The Kier molecular flexibility index (Phi) is 8.05. The van der Waals surface area contributed by atoms with Crippen LogP contribution in [-0.4, -0.2) is 17.8 Å². The minimum atomic E-state index is -0.809. The van der Waals surface area contributed by atoms with Crippen molar-refractivity contribution in [3.8, 4) is 5.75 Å². The molecule has 6 nitrogen and oxygen atoms in total. The zero-order chi connectivity index (χ0) is 26.0. The zero-order valence-electron chi connectivity index (χ0n) is 18.8. The summed E-state index contributed by atoms with van der Waals surface area (Å²) in [5.74, 6) is -1.16. The molecule has 0 spiro atoms. The molecule has 0 unspecified atom stereocenters. The van der Waals surface area contributed by atoms with E-state index in [1.54, 1.807) is 42.5 Å². The number of hydrogen-bond acceptors (Lipinski definition) is 4. The molecule has 4 amide bonds. The molecule has 4 rings (SSSR count). The van der Waals surface area contributed by atoms with Crippen LogP contribution in [0.3, 0.4) is 0 Å². The SMILES string of the molecule is CCc1ccc(N2C(=O)NC(=O)/C(=C/c3cc(Cl)c(OCc4ccc(Cl)c(Cl)c4)c(Br)c3)C2=O)cc1. The van der Waals surface area contributed by atoms with Crippen LogP contribution in [0.1, 0.15) is 23.6 Å². The van der Waals surface area contributed by atoms with Crippen molar-refractivity contribution in [3.05, 3.63) is 96.4 Å². The van der Waals surface area contributed by atoms with E-state index in [0.717, 1.165) is 22.4 Å². The fourth-order valence-corrected chi connectivity index (χ4v) is 4.83. The Balaban J connectivity index is 1.59. The van der Waals surface area contributed by atoms with Crippen LogP contribution < -0.4 is 15.0 Å². The predicted octanol–water partition coefficient (Wildman–Crippen LogP) is 7.22. The van der Waals surface area contributed by atoms with Gasteiger partial charge in [-0.2, -0.15) is 0 Å². The fraction of sp³-hybridized carbons (Fsp3) is 0.115. The highest BCUT2D eigenvalue weighted by atomic mass is 79.9. The van der Waals surface area contributed by atoms with Crippen molar-refractivity contribution in [1.29, 1.82) is 0 Å². The monoisotopic (exact) mass is 606 g/mol. The first kappa shape index (κ1) is 26.2. The number of nitrogens with zero attached hydrogens (tertiary/aromatic N) is 1. The summed E-state index contributed by atoms with van der Waals surface area (Å²) in [5.41, 5.74) is 2.46. The largest absolute Gasteiger partial charge is 0.486 e. The third kappa shape index (κ3) is 5.60. The Morgan fingerprint density at radius 3 is 2.25 bits per heavy atom. The molecule has 1 saturated heterocycles. The summed E-state index contributed by atoms with van der Waals surface area (Å²) in [7, 11) is 0. The highest BCUT2D eigenvalue weighted by Crippen LogP contribution is 2.36. The first-order chi connectivity index (χ1) is 17.2. The number of benzene rings is 3. The number of ether oxygens (including phenoxy) is 1. The van der Waals surface area contributed by atoms with Gasteiger partial charge < -0.3 is 4.74 Å². The van der Waals surface area contributed by atoms with Gasteiger partial charge in [0.05, 0.1) is 25.2 Å². The number of rotatable bonds is 6. The molecule has 0 bridgehead atoms. The summed E-state index contributed by atoms with van der Waals surface area (Å²) in [6.07, 6.45) is 2.18. The van der Waals surface area contributed by atoms with E-state index >= 15 is 0 Å². The highest BCUT2D eigenvalue weighted by Gasteiger charge is 2.36. The lowest BCUT2D eigenvalue weighted by Crippen LogP contribution is -2.54. The molecule has 10 heteroatoms. The summed E-state index contributed by atoms with van der Waals surface area (Å²) in [5, 5.41) is 3.32. The van der Waals surface area contributed by atoms with E-state index in [9.17, 15) is 14.4 Å². The van der Waals surface area contributed by atoms with Crippen molar-refractivity contribution in [2.75, 3.05) is 4.90 Å². The van der Waals surface area contributed by atoms with Gasteiger partial charge in [0.15, 0.2) is 5.75 Å². The number of carbonyl (C=O) groups is 3. The van der Waals surface area contributed by atoms with Crippen LogP contribution in [0.15, 0.2) is 64.6 Å². The number of nitrogens with one attached hydrogen (secondary N) is 1. The van der Waals surface area contributed by atoms with Crippen LogP contribution in [0.5, 0.6) is 5.75 Å². The fourth-order valence-electron chi connectivity index (χ4n) is 3.52. The quantitative estimate of drug-likeness (QED) is 0.237. The second-order valence-corrected chi connectivity index (χ2v) is 9.90. The third-order valence-electron chi connectivity index (χ3n) is 5.40. The number of aryl methyl sites for hydroxylation is 1. The molecule has 1 fully saturated rings. The van der Waals surface area contributed by atoms with Crippen molar-refractivity contribution >= 4 is 80.3 Å². The van der Waals surface area contributed by atoms with Crippen molar-refractivity contribution < 1.29 is 19.1 Å². The molecule has 0 aliphatic carbocycles. The van der Waals surface area contributed by atoms with Gasteiger partial charge in [-0.15, -0.1) is 0 Å². The van der Waals surface area contributed by atoms with Crippen LogP contribution in [0.4, 0.5) is 10.5 Å². The molecule has 1 N–H and O–H groups in total. The summed E-state index contributed by atoms with van der Waals surface area (Å²) >= 11 is 21.9. The summed E-state index contributed by atoms with van der Waals surface area (Å²) < 4.78 is 6.35. The maximum Gasteiger partial charge on any atom is 0.335 e. The van der Waals surface area contributed by atoms with Crippen LogP contribution in [0.25, 0.3) is 6.08 Å². The number of barbiturate groups is 1. The van der Waals surface area contributed by atoms with E-state index in [4.69, 9.17) is 39.5 Å². The molecular weight excluding hydrogens is 591 g/mol. The number of carbonyl (C=O) groups excluding carboxylic acids is 3. The molecule has 1 heterocycles. The zero-order valence-corrected chi connectivity index (χ0v) is 22.6. The van der Waals surface area contributed by atoms with E-state index in [-0.39, 0.29) is 17.2 Å². The molecule has 0 aromatic heterocycles. The standard InChI is InChI=1S/C26H18BrCl3N2O4/c1-2-14-3-6-17(7-4-14)32-25(34)18(24(33)31-26(32)35)9-16-10-19(27)23(22(30)12-16)36-13-15-5-8-20(28)21(29)11-15/h3-12H,2,13H2,1H3,(H,31,33,35)/b18-9-. The van der Waals surface area contributed by atoms with Gasteiger partial charge in [-0.25, -0.2) is 9.69 Å². The molecular formula is C26H18BrCl3N2O4. The number of hydrogen-bond donors (Lipinski definition) is 1. The Morgan fingerprint density at radius 1 is 0.917 bits per heavy atom. The van der Waals surface area contributed by atoms with Gasteiger partial charge in [-0.05, 0) is 81.5 Å². The smallest absolute Gasteiger partial charge is 0.335 e. The molecule has 184 valence electrons. The predicted molar refractivity (Wildman–Crippen MR) is 145 cm³/mol. The van der Waals surface area contributed by atoms with Gasteiger partial charge >= 0.3 is 6.03 Å². The lowest BCUT2D eigenvalue weighted by atomic mass is 10.1. The van der Waals surface area contributed by atoms with E-state index < -0.39 is 17.8 Å². The average molecular weight is 609 g/mol. The number of anilines is 1. The molecule has 3 aromatic rings. The van der Waals surface area contributed by atoms with Gasteiger partial charge in [0, 0.05) is 0 Å². The second kappa shape index (κ2) is 11.0. The van der Waals surface area contributed by atoms with E-state index in [1.807, 2.05) is 19.1 Å². The van der Waals surface area contributed by atoms with Crippen molar-refractivity contribution in [1.82, 2.24) is 5.32 Å². The first-order valence-corrected chi connectivity index (χ1v) is 12.7. The normalized spacial score (nSPS) is 14.9. The molecule has 1 aliphatic heterocycles. The van der Waals surface area contributed by atoms with E-state index in [1.165, 1.54) is 6.08 Å². The molecule has 1 aliphatic rings. The van der Waals surface area contributed by atoms with Crippen LogP contribution in [0.2, 0.25) is 15.1 Å². The van der Waals surface area contributed by atoms with Crippen molar-refractivity contribution in [3.63, 3.8) is 0 Å². The van der Waals surface area contributed by atoms with Gasteiger partial charge in [0.2, 0.25) is 0 Å². The van der Waals surface area contributed by atoms with Crippen LogP contribution >= 0.6 is 50.7 Å². The summed E-state index contributed by atoms with van der Waals surface area (Å²) in [4.78, 5) is 39.0. The number of amides is 4. The Hall–Kier alpha value is -2.84. The van der Waals surface area contributed by atoms with Gasteiger partial charge in [-0.1, -0.05) is 59.9 Å². The van der Waals surface area contributed by atoms with Gasteiger partial charge in [-0.3, -0.25) is 14.9 Å². The minimum absolute atomic E-state index is 0.185. The molecule has 0 saturated carbocycles. The van der Waals surface area contributed by atoms with Gasteiger partial charge in [0.1, 0.15) is 12.2 Å². The maximum absolute atomic E-state index is 13.1. The summed E-state index contributed by atoms with van der Waals surface area (Å²) in [6, 6.07) is 14.5. The number of imide groups is 2. The highest BCUT2D eigenvalue weighted by molar-refractivity contribution is 9.10. The lowest BCUT2D eigenvalue weighted by Gasteiger charge is -2.26. The Bertz CT molecular complexity index is 1380. The van der Waals surface area contributed by atoms with E-state index in [0.29, 0.717) is 31.5 Å². The lowest BCUT2D eigenvalue weighted by molar-refractivity contribution is -0.122.